The van der Waals surface area contributed by atoms with Crippen molar-refractivity contribution < 1.29 is 22.1 Å². The first-order chi connectivity index (χ1) is 12.4. The van der Waals surface area contributed by atoms with Crippen molar-refractivity contribution in [2.24, 2.45) is 5.92 Å². The quantitative estimate of drug-likeness (QED) is 0.748. The molecule has 0 aromatic carbocycles. The van der Waals surface area contributed by atoms with E-state index in [1.807, 2.05) is 6.92 Å². The molecular formula is C18H27N3O5S. The molecule has 0 bridgehead atoms. The van der Waals surface area contributed by atoms with Crippen LogP contribution in [0.4, 0.5) is 10.5 Å². The van der Waals surface area contributed by atoms with E-state index in [1.54, 1.807) is 45.3 Å². The lowest BCUT2D eigenvalue weighted by molar-refractivity contribution is 0.0436. The maximum atomic E-state index is 12.3. The average Bonchev–Trinajstić information content (AvgIpc) is 2.48. The van der Waals surface area contributed by atoms with E-state index in [1.165, 1.54) is 0 Å². The van der Waals surface area contributed by atoms with Crippen molar-refractivity contribution in [2.45, 2.75) is 51.9 Å². The molecule has 1 aromatic rings. The van der Waals surface area contributed by atoms with Gasteiger partial charge in [0.1, 0.15) is 11.7 Å². The summed E-state index contributed by atoms with van der Waals surface area (Å²) in [5.74, 6) is -0.188. The molecule has 0 saturated carbocycles. The molecule has 9 heteroatoms. The fourth-order valence-corrected chi connectivity index (χ4v) is 3.73. The summed E-state index contributed by atoms with van der Waals surface area (Å²) in [7, 11) is -3.71. The Morgan fingerprint density at radius 2 is 2.04 bits per heavy atom. The SMILES string of the molecule is C[C@H]1CC(c2ccncc2N)=C[C@@H](NC(=O)OC(C)(C)C)[C@H]1OS(C)(=O)=O. The third-order valence-corrected chi connectivity index (χ3v) is 4.58. The Morgan fingerprint density at radius 1 is 1.37 bits per heavy atom. The van der Waals surface area contributed by atoms with Crippen LogP contribution in [0.25, 0.3) is 5.57 Å². The second kappa shape index (κ2) is 7.85. The van der Waals surface area contributed by atoms with Crippen molar-refractivity contribution >= 4 is 27.5 Å². The summed E-state index contributed by atoms with van der Waals surface area (Å²) >= 11 is 0. The highest BCUT2D eigenvalue weighted by molar-refractivity contribution is 7.86. The minimum absolute atomic E-state index is 0.188. The zero-order valence-corrected chi connectivity index (χ0v) is 17.0. The third kappa shape index (κ3) is 6.21. The Morgan fingerprint density at radius 3 is 2.59 bits per heavy atom. The smallest absolute Gasteiger partial charge is 0.408 e. The summed E-state index contributed by atoms with van der Waals surface area (Å²) in [5.41, 5.74) is 7.53. The molecular weight excluding hydrogens is 370 g/mol. The molecule has 0 unspecified atom stereocenters. The van der Waals surface area contributed by atoms with Gasteiger partial charge in [0.15, 0.2) is 0 Å². The molecule has 2 rings (SSSR count). The van der Waals surface area contributed by atoms with Gasteiger partial charge in [0.05, 0.1) is 24.2 Å². The van der Waals surface area contributed by atoms with Gasteiger partial charge in [-0.15, -0.1) is 0 Å². The minimum Gasteiger partial charge on any atom is -0.444 e. The Kier molecular flexibility index (Phi) is 6.16. The highest BCUT2D eigenvalue weighted by Gasteiger charge is 2.36. The third-order valence-electron chi connectivity index (χ3n) is 4.00. The van der Waals surface area contributed by atoms with E-state index in [4.69, 9.17) is 14.7 Å². The van der Waals surface area contributed by atoms with Crippen LogP contribution in [0, 0.1) is 5.92 Å². The van der Waals surface area contributed by atoms with Gasteiger partial charge in [-0.3, -0.25) is 9.17 Å². The van der Waals surface area contributed by atoms with Crippen molar-refractivity contribution in [1.82, 2.24) is 10.3 Å². The standard InChI is InChI=1S/C18H27N3O5S/c1-11-8-12(13-6-7-20-10-14(13)19)9-15(16(11)26-27(5,23)24)21-17(22)25-18(2,3)4/h6-7,9-11,15-16H,8,19H2,1-5H3,(H,21,22)/t11-,15+,16-/m0/s1. The number of alkyl carbamates (subject to hydrolysis) is 1. The Balaban J connectivity index is 2.37. The number of hydrogen-bond acceptors (Lipinski definition) is 7. The van der Waals surface area contributed by atoms with E-state index in [-0.39, 0.29) is 5.92 Å². The number of nitrogens with two attached hydrogens (primary N) is 1. The number of nitrogen functional groups attached to an aromatic ring is 1. The summed E-state index contributed by atoms with van der Waals surface area (Å²) in [6, 6.07) is 1.09. The number of rotatable bonds is 4. The molecule has 3 atom stereocenters. The first-order valence-electron chi connectivity index (χ1n) is 8.64. The molecule has 3 N–H and O–H groups in total. The molecule has 150 valence electrons. The number of carbonyl (C=O) groups excluding carboxylic acids is 1. The van der Waals surface area contributed by atoms with Crippen molar-refractivity contribution in [1.29, 1.82) is 0 Å². The van der Waals surface area contributed by atoms with Crippen LogP contribution in [0.3, 0.4) is 0 Å². The van der Waals surface area contributed by atoms with Gasteiger partial charge in [-0.05, 0) is 44.7 Å². The zero-order valence-electron chi connectivity index (χ0n) is 16.2. The number of hydrogen-bond donors (Lipinski definition) is 2. The number of anilines is 1. The predicted molar refractivity (Wildman–Crippen MR) is 103 cm³/mol. The summed E-state index contributed by atoms with van der Waals surface area (Å²) in [5, 5.41) is 2.71. The number of carbonyl (C=O) groups is 1. The monoisotopic (exact) mass is 397 g/mol. The van der Waals surface area contributed by atoms with E-state index in [0.29, 0.717) is 12.1 Å². The number of nitrogens with zero attached hydrogens (tertiary/aromatic N) is 1. The molecule has 0 spiro atoms. The molecule has 0 saturated heterocycles. The summed E-state index contributed by atoms with van der Waals surface area (Å²) < 4.78 is 34.0. The number of aromatic nitrogens is 1. The van der Waals surface area contributed by atoms with Crippen molar-refractivity contribution in [3.05, 3.63) is 30.1 Å². The highest BCUT2D eigenvalue weighted by atomic mass is 32.2. The van der Waals surface area contributed by atoms with E-state index >= 15 is 0 Å². The fourth-order valence-electron chi connectivity index (χ4n) is 3.02. The van der Waals surface area contributed by atoms with Crippen molar-refractivity contribution in [2.75, 3.05) is 12.0 Å². The second-order valence-corrected chi connectivity index (χ2v) is 9.37. The maximum Gasteiger partial charge on any atom is 0.408 e. The Hall–Kier alpha value is -2.13. The van der Waals surface area contributed by atoms with E-state index in [9.17, 15) is 13.2 Å². The Labute approximate surface area is 160 Å². The molecule has 1 heterocycles. The van der Waals surface area contributed by atoms with Gasteiger partial charge in [0.25, 0.3) is 10.1 Å². The van der Waals surface area contributed by atoms with Crippen LogP contribution < -0.4 is 11.1 Å². The maximum absolute atomic E-state index is 12.3. The fraction of sp³-hybridized carbons (Fsp3) is 0.556. The van der Waals surface area contributed by atoms with Gasteiger partial charge < -0.3 is 15.8 Å². The van der Waals surface area contributed by atoms with E-state index in [0.717, 1.165) is 17.4 Å². The van der Waals surface area contributed by atoms with Crippen molar-refractivity contribution in [3.63, 3.8) is 0 Å². The van der Waals surface area contributed by atoms with Gasteiger partial charge in [0.2, 0.25) is 0 Å². The lowest BCUT2D eigenvalue weighted by Gasteiger charge is -2.35. The molecule has 1 aromatic heterocycles. The molecule has 1 amide bonds. The van der Waals surface area contributed by atoms with Crippen molar-refractivity contribution in [3.8, 4) is 0 Å². The predicted octanol–water partition coefficient (Wildman–Crippen LogP) is 2.33. The summed E-state index contributed by atoms with van der Waals surface area (Å²) in [6.07, 6.45) is 5.08. The molecule has 1 aliphatic carbocycles. The summed E-state index contributed by atoms with van der Waals surface area (Å²) in [4.78, 5) is 16.2. The van der Waals surface area contributed by atoms with Gasteiger partial charge in [-0.1, -0.05) is 13.0 Å². The average molecular weight is 397 g/mol. The highest BCUT2D eigenvalue weighted by Crippen LogP contribution is 2.35. The lowest BCUT2D eigenvalue weighted by atomic mass is 9.82. The van der Waals surface area contributed by atoms with Gasteiger partial charge in [0, 0.05) is 11.8 Å². The number of allylic oxidation sites excluding steroid dienone is 1. The number of amides is 1. The van der Waals surface area contributed by atoms with Gasteiger partial charge in [-0.25, -0.2) is 4.79 Å². The number of ether oxygens (including phenoxy) is 1. The molecule has 8 nitrogen and oxygen atoms in total. The zero-order chi connectivity index (χ0) is 20.4. The molecule has 0 fully saturated rings. The Bertz CT molecular complexity index is 830. The number of nitrogens with one attached hydrogen (secondary N) is 1. The van der Waals surface area contributed by atoms with Gasteiger partial charge >= 0.3 is 6.09 Å². The van der Waals surface area contributed by atoms with Crippen LogP contribution in [-0.2, 0) is 19.0 Å². The largest absolute Gasteiger partial charge is 0.444 e. The minimum atomic E-state index is -3.71. The van der Waals surface area contributed by atoms with E-state index in [2.05, 4.69) is 10.3 Å². The molecule has 0 radical (unpaired) electrons. The first kappa shape index (κ1) is 21.2. The van der Waals surface area contributed by atoms with E-state index < -0.39 is 34.0 Å². The van der Waals surface area contributed by atoms with Crippen LogP contribution in [-0.4, -0.2) is 43.5 Å². The summed E-state index contributed by atoms with van der Waals surface area (Å²) in [6.45, 7) is 7.11. The van der Waals surface area contributed by atoms with Crippen LogP contribution in [0.5, 0.6) is 0 Å². The second-order valence-electron chi connectivity index (χ2n) is 7.77. The van der Waals surface area contributed by atoms with Crippen LogP contribution in [0.1, 0.15) is 39.7 Å². The lowest BCUT2D eigenvalue weighted by Crippen LogP contribution is -2.50. The van der Waals surface area contributed by atoms with Crippen LogP contribution in [0.2, 0.25) is 0 Å². The van der Waals surface area contributed by atoms with Crippen LogP contribution >= 0.6 is 0 Å². The first-order valence-corrected chi connectivity index (χ1v) is 10.5. The molecule has 0 aliphatic heterocycles. The van der Waals surface area contributed by atoms with Gasteiger partial charge in [-0.2, -0.15) is 8.42 Å². The number of pyridine rings is 1. The van der Waals surface area contributed by atoms with Crippen LogP contribution in [0.15, 0.2) is 24.5 Å². The topological polar surface area (TPSA) is 121 Å². The normalized spacial score (nSPS) is 23.4. The molecule has 27 heavy (non-hydrogen) atoms. The molecule has 1 aliphatic rings.